The van der Waals surface area contributed by atoms with E-state index in [1.54, 1.807) is 210 Å². The number of carbonyl (C=O) groups excluding carboxylic acids is 8. The topological polar surface area (TPSA) is 440 Å². The number of aryl methyl sites for hydroxylation is 2. The van der Waals surface area contributed by atoms with Gasteiger partial charge in [0.1, 0.15) is 124 Å². The molecule has 770 valence electrons. The molecular weight excluding hydrogens is 1940 g/mol. The maximum Gasteiger partial charge on any atom is 0.514 e. The first-order valence-electron chi connectivity index (χ1n) is 45.8. The van der Waals surface area contributed by atoms with Gasteiger partial charge >= 0.3 is 74.7 Å². The normalized spacial score (nSPS) is 17.1. The Labute approximate surface area is 840 Å². The zero-order valence-electron chi connectivity index (χ0n) is 87.5. The SMILES string of the molecule is C=Cc1ccc(OC(=O)OC(C)(C)C)c(C(=O)OC(C)(C)C)c1C.Cc1c(Br)ccc(OC(=O)OC(C)(C)C)c1C(=O)OC(C)(C)C.Cc1c(CCB2OC(C)(C)C(C)(C)O2)ccc(OC(=O)OC(C)(C)C)c1C(=O)OC(C)(C)C.Cc1c(CCB2O[C@@H]3C[C@@H]4C[C@@H](C4(C)C)[C@]3(C)O2)ccc(OC(=O)OC(C)(C)C)c1C(=O)OC(C)(C)C.O=C(O)c1c(O)ccc(Br)c1O.O=C(O)c1c(O)cccc1O. The predicted octanol–water partition coefficient (Wildman–Crippen LogP) is 24.7. The van der Waals surface area contributed by atoms with Crippen LogP contribution in [-0.2, 0) is 69.4 Å². The number of rotatable bonds is 17. The van der Waals surface area contributed by atoms with Crippen molar-refractivity contribution in [2.45, 2.75) is 348 Å². The van der Waals surface area contributed by atoms with Crippen molar-refractivity contribution in [3.63, 3.8) is 0 Å². The van der Waals surface area contributed by atoms with Crippen LogP contribution in [0.15, 0.2) is 94.4 Å². The Kier molecular flexibility index (Phi) is 39.7. The van der Waals surface area contributed by atoms with Crippen LogP contribution in [0.4, 0.5) is 19.2 Å². The third kappa shape index (κ3) is 35.1. The zero-order valence-corrected chi connectivity index (χ0v) is 90.6. The lowest BCUT2D eigenvalue weighted by molar-refractivity contribution is -0.199. The molecule has 6 N–H and O–H groups in total. The largest absolute Gasteiger partial charge is 0.514 e. The van der Waals surface area contributed by atoms with E-state index in [1.807, 2.05) is 53.7 Å². The summed E-state index contributed by atoms with van der Waals surface area (Å²) in [5.74, 6) is -5.09. The average molecular weight is 2090 g/mol. The molecule has 0 radical (unpaired) electrons. The molecule has 0 spiro atoms. The number of halogens is 2. The Morgan fingerprint density at radius 3 is 1.01 bits per heavy atom. The van der Waals surface area contributed by atoms with Gasteiger partial charge < -0.3 is 106 Å². The fourth-order valence-electron chi connectivity index (χ4n) is 14.9. The third-order valence-corrected chi connectivity index (χ3v) is 23.5. The van der Waals surface area contributed by atoms with Crippen molar-refractivity contribution in [3.8, 4) is 46.0 Å². The first kappa shape index (κ1) is 120. The van der Waals surface area contributed by atoms with Crippen LogP contribution >= 0.6 is 31.9 Å². The number of ether oxygens (including phenoxy) is 12. The number of aromatic carboxylic acids is 2. The summed E-state index contributed by atoms with van der Waals surface area (Å²) in [6, 6.07) is 19.7. The van der Waals surface area contributed by atoms with E-state index in [4.69, 9.17) is 106 Å². The van der Waals surface area contributed by atoms with Crippen LogP contribution in [0.1, 0.15) is 329 Å². The van der Waals surface area contributed by atoms with E-state index < -0.39 is 151 Å². The van der Waals surface area contributed by atoms with E-state index in [2.05, 4.69) is 59.2 Å². The first-order valence-corrected chi connectivity index (χ1v) is 47.3. The number of benzene rings is 6. The van der Waals surface area contributed by atoms with Crippen molar-refractivity contribution >= 4 is 113 Å². The minimum absolute atomic E-state index is 0.0987. The molecule has 5 aliphatic rings. The molecule has 32 nitrogen and oxygen atoms in total. The number of carboxylic acid groups (broad SMARTS) is 2. The minimum Gasteiger partial charge on any atom is -0.507 e. The van der Waals surface area contributed by atoms with E-state index in [0.29, 0.717) is 65.0 Å². The average Bonchev–Trinajstić information content (AvgIpc) is 1.46. The smallest absolute Gasteiger partial charge is 0.507 e. The molecule has 11 rings (SSSR count). The standard InChI is InChI=1S/C29H43BO7.C25H39BO7.C19H26O5.C17H23BrO5.C7H5BrO4.C7H6O4/c1-17-18(13-14-30-36-22-16-19-15-21(28(19,8)9)29(22,10)37-30)11-12-20(33-25(32)35-27(5,6)7)23(17)24(31)34-26(2,3)4;1-16-17(14-15-26-32-24(8,9)25(10,11)33-26)12-13-18(29-21(28)31-23(5,6)7)19(16)20(27)30-22(2,3)4;1-9-13-10-11-14(22-17(21)24-19(6,7)8)15(12(13)2)16(20)23-18(3,4)5;1-10-11(18)8-9-12(21-15(20)23-17(5,6)7)13(10)14(19)22-16(2,3)4;8-3-1-2-4(9)5(6(3)10)7(11)12;8-4-2-1-3-5(9)6(4)7(10)11/h11-12,19,21-22H,13-16H2,1-10H3;12-13H,14-15H2,1-11H3;9-11H,1H2,2-8H3;8-9H,1-7H3;1-2,9-10H,(H,11,12);1-3,8-9H,(H,10,11)/t19-,21-,22+,29-;;;;;/m0...../s1. The second kappa shape index (κ2) is 46.4. The van der Waals surface area contributed by atoms with Gasteiger partial charge in [0.15, 0.2) is 0 Å². The van der Waals surface area contributed by atoms with Gasteiger partial charge in [0.2, 0.25) is 0 Å². The molecule has 6 aromatic rings. The molecule has 0 unspecified atom stereocenters. The van der Waals surface area contributed by atoms with Gasteiger partial charge in [0, 0.05) is 4.47 Å². The number of hydrogen-bond acceptors (Lipinski definition) is 30. The summed E-state index contributed by atoms with van der Waals surface area (Å²) in [7, 11) is -0.635. The molecule has 140 heavy (non-hydrogen) atoms. The van der Waals surface area contributed by atoms with Crippen molar-refractivity contribution in [2.75, 3.05) is 0 Å². The molecule has 2 heterocycles. The number of esters is 4. The second-order valence-corrected chi connectivity index (χ2v) is 45.6. The Morgan fingerprint density at radius 1 is 0.386 bits per heavy atom. The van der Waals surface area contributed by atoms with Gasteiger partial charge in [0.25, 0.3) is 0 Å². The van der Waals surface area contributed by atoms with Crippen LogP contribution < -0.4 is 18.9 Å². The van der Waals surface area contributed by atoms with Gasteiger partial charge in [-0.25, -0.2) is 47.9 Å². The Morgan fingerprint density at radius 2 is 0.693 bits per heavy atom. The van der Waals surface area contributed by atoms with Crippen molar-refractivity contribution < 1.29 is 154 Å². The van der Waals surface area contributed by atoms with Crippen molar-refractivity contribution in [3.05, 3.63) is 167 Å². The van der Waals surface area contributed by atoms with Crippen LogP contribution in [0, 0.1) is 44.9 Å². The quantitative estimate of drug-likeness (QED) is 0.0214. The molecule has 2 aliphatic heterocycles. The number of carboxylic acids is 2. The number of carbonyl (C=O) groups is 10. The van der Waals surface area contributed by atoms with E-state index in [1.165, 1.54) is 48.9 Å². The van der Waals surface area contributed by atoms with Gasteiger partial charge in [-0.3, -0.25) is 0 Å². The van der Waals surface area contributed by atoms with Crippen LogP contribution in [0.25, 0.3) is 6.08 Å². The van der Waals surface area contributed by atoms with Crippen molar-refractivity contribution in [2.24, 2.45) is 17.3 Å². The summed E-state index contributed by atoms with van der Waals surface area (Å²) in [6.45, 7) is 68.2. The van der Waals surface area contributed by atoms with Crippen LogP contribution in [0.2, 0.25) is 12.6 Å². The maximum atomic E-state index is 13.2. The van der Waals surface area contributed by atoms with E-state index >= 15 is 0 Å². The molecule has 2 bridgehead atoms. The van der Waals surface area contributed by atoms with Gasteiger partial charge in [-0.1, -0.05) is 66.7 Å². The molecule has 0 amide bonds. The monoisotopic (exact) mass is 2080 g/mol. The Balaban J connectivity index is 0.000000309. The molecular formula is C104H142B2Br2O32. The minimum atomic E-state index is -1.37. The van der Waals surface area contributed by atoms with Gasteiger partial charge in [-0.05, 0) is 394 Å². The summed E-state index contributed by atoms with van der Waals surface area (Å²) in [6.07, 6.45) is 3.09. The summed E-state index contributed by atoms with van der Waals surface area (Å²) in [5, 5.41) is 53.0. The molecule has 5 fully saturated rings. The second-order valence-electron chi connectivity index (χ2n) is 43.9. The highest BCUT2D eigenvalue weighted by atomic mass is 79.9. The maximum absolute atomic E-state index is 13.2. The third-order valence-electron chi connectivity index (χ3n) is 22.0. The molecule has 3 aliphatic carbocycles. The number of hydrogen-bond donors (Lipinski definition) is 6. The summed E-state index contributed by atoms with van der Waals surface area (Å²) >= 11 is 6.29. The Bertz CT molecular complexity index is 5480. The highest BCUT2D eigenvalue weighted by Gasteiger charge is 2.68. The lowest BCUT2D eigenvalue weighted by Gasteiger charge is -2.64. The summed E-state index contributed by atoms with van der Waals surface area (Å²) in [4.78, 5) is 120. The van der Waals surface area contributed by atoms with E-state index in [9.17, 15) is 47.9 Å². The fourth-order valence-corrected chi connectivity index (χ4v) is 15.6. The fraction of sp³-hybridized carbons (Fsp3) is 0.538. The summed E-state index contributed by atoms with van der Waals surface area (Å²) < 4.78 is 90.3. The van der Waals surface area contributed by atoms with Crippen molar-refractivity contribution in [1.82, 2.24) is 0 Å². The molecule has 4 atom stereocenters. The highest BCUT2D eigenvalue weighted by molar-refractivity contribution is 9.10. The zero-order chi connectivity index (χ0) is 107. The van der Waals surface area contributed by atoms with Crippen LogP contribution in [-0.4, -0.2) is 173 Å². The van der Waals surface area contributed by atoms with E-state index in [-0.39, 0.29) is 75.7 Å². The lowest BCUT2D eigenvalue weighted by atomic mass is 9.43. The number of phenols is 4. The van der Waals surface area contributed by atoms with Gasteiger partial charge in [-0.15, -0.1) is 0 Å². The van der Waals surface area contributed by atoms with Gasteiger partial charge in [0.05, 0.1) is 27.4 Å². The molecule has 2 saturated heterocycles. The Hall–Kier alpha value is -10.9. The predicted molar refractivity (Wildman–Crippen MR) is 535 cm³/mol. The molecule has 0 aromatic heterocycles. The lowest BCUT2D eigenvalue weighted by Crippen LogP contribution is -2.65. The number of aromatic hydroxyl groups is 4. The first-order chi connectivity index (χ1) is 63.5. The van der Waals surface area contributed by atoms with Crippen molar-refractivity contribution in [1.29, 1.82) is 0 Å². The molecule has 6 aromatic carbocycles. The molecule has 3 saturated carbocycles. The highest BCUT2D eigenvalue weighted by Crippen LogP contribution is 2.66. The molecule has 36 heteroatoms. The van der Waals surface area contributed by atoms with Gasteiger partial charge in [-0.2, -0.15) is 0 Å². The van der Waals surface area contributed by atoms with Crippen LogP contribution in [0.3, 0.4) is 0 Å². The van der Waals surface area contributed by atoms with E-state index in [0.717, 1.165) is 27.6 Å². The van der Waals surface area contributed by atoms with Crippen LogP contribution in [0.5, 0.6) is 46.0 Å². The summed E-state index contributed by atoms with van der Waals surface area (Å²) in [5.41, 5.74) is -1.17.